The summed E-state index contributed by atoms with van der Waals surface area (Å²) in [6.45, 7) is 1.40. The molecule has 0 radical (unpaired) electrons. The molecule has 1 saturated heterocycles. The minimum Gasteiger partial charge on any atom is -0.386 e. The Bertz CT molecular complexity index is 877. The summed E-state index contributed by atoms with van der Waals surface area (Å²) in [5.41, 5.74) is 0.625. The summed E-state index contributed by atoms with van der Waals surface area (Å²) in [5.74, 6) is -0.754. The van der Waals surface area contributed by atoms with Crippen LogP contribution in [0.5, 0.6) is 0 Å². The third kappa shape index (κ3) is 5.36. The molecule has 1 aliphatic rings. The highest BCUT2D eigenvalue weighted by molar-refractivity contribution is 7.97. The molecule has 5 nitrogen and oxygen atoms in total. The monoisotopic (exact) mass is 457 g/mol. The number of halogens is 4. The van der Waals surface area contributed by atoms with Crippen LogP contribution in [0.1, 0.15) is 24.3 Å². The predicted octanol–water partition coefficient (Wildman–Crippen LogP) is 3.65. The van der Waals surface area contributed by atoms with Gasteiger partial charge in [0.05, 0.1) is 24.8 Å². The number of nitrogens with one attached hydrogen (secondary N) is 1. The second-order valence-electron chi connectivity index (χ2n) is 7.25. The van der Waals surface area contributed by atoms with Crippen LogP contribution >= 0.6 is 11.9 Å². The lowest BCUT2D eigenvalue weighted by molar-refractivity contribution is -0.133. The van der Waals surface area contributed by atoms with Crippen molar-refractivity contribution in [3.05, 3.63) is 53.9 Å². The standard InChI is InChI=1S/C21H23F4N3O2S/c1-2-31-28-11-21(25,12-28)17-8-7-15(10-26-17)13-3-5-14(6-4-13)18(29)16(9-22)27-20(30)19(23)24/h3-8,10,16,18-19,29H,2,9,11-12H2,1H3,(H,27,30). The highest BCUT2D eigenvalue weighted by Gasteiger charge is 2.46. The molecule has 2 atom stereocenters. The van der Waals surface area contributed by atoms with Gasteiger partial charge in [0.15, 0.2) is 5.67 Å². The second-order valence-corrected chi connectivity index (χ2v) is 8.60. The van der Waals surface area contributed by atoms with Gasteiger partial charge in [-0.1, -0.05) is 49.2 Å². The quantitative estimate of drug-likeness (QED) is 0.445. The van der Waals surface area contributed by atoms with Crippen molar-refractivity contribution in [3.8, 4) is 11.1 Å². The summed E-state index contributed by atoms with van der Waals surface area (Å²) in [5, 5.41) is 12.0. The zero-order valence-electron chi connectivity index (χ0n) is 16.8. The van der Waals surface area contributed by atoms with Gasteiger partial charge < -0.3 is 10.4 Å². The molecule has 0 bridgehead atoms. The van der Waals surface area contributed by atoms with Crippen LogP contribution in [0.3, 0.4) is 0 Å². The summed E-state index contributed by atoms with van der Waals surface area (Å²) < 4.78 is 54.7. The zero-order valence-corrected chi connectivity index (χ0v) is 17.6. The summed E-state index contributed by atoms with van der Waals surface area (Å²) in [7, 11) is 0. The number of rotatable bonds is 9. The van der Waals surface area contributed by atoms with E-state index in [1.807, 2.05) is 11.2 Å². The molecule has 31 heavy (non-hydrogen) atoms. The van der Waals surface area contributed by atoms with E-state index in [1.165, 1.54) is 12.1 Å². The van der Waals surface area contributed by atoms with Crippen LogP contribution in [-0.2, 0) is 10.5 Å². The largest absolute Gasteiger partial charge is 0.386 e. The Hall–Kier alpha value is -2.17. The van der Waals surface area contributed by atoms with E-state index < -0.39 is 36.8 Å². The van der Waals surface area contributed by atoms with Gasteiger partial charge in [0.2, 0.25) is 0 Å². The lowest BCUT2D eigenvalue weighted by atomic mass is 9.93. The molecule has 2 N–H and O–H groups in total. The number of hydrogen-bond acceptors (Lipinski definition) is 5. The summed E-state index contributed by atoms with van der Waals surface area (Å²) >= 11 is 1.59. The maximum atomic E-state index is 14.9. The normalized spacial score (nSPS) is 17.8. The number of nitrogens with zero attached hydrogens (tertiary/aromatic N) is 2. The lowest BCUT2D eigenvalue weighted by Crippen LogP contribution is -2.53. The van der Waals surface area contributed by atoms with Gasteiger partial charge in [-0.3, -0.25) is 9.78 Å². The highest BCUT2D eigenvalue weighted by atomic mass is 32.2. The minimum absolute atomic E-state index is 0.260. The van der Waals surface area contributed by atoms with Crippen molar-refractivity contribution in [1.82, 2.24) is 14.6 Å². The Kier molecular flexibility index (Phi) is 7.55. The molecule has 1 aromatic carbocycles. The molecule has 168 valence electrons. The fourth-order valence-corrected chi connectivity index (χ4v) is 4.29. The maximum Gasteiger partial charge on any atom is 0.315 e. The predicted molar refractivity (Wildman–Crippen MR) is 111 cm³/mol. The Morgan fingerprint density at radius 2 is 1.87 bits per heavy atom. The molecule has 1 aromatic heterocycles. The first-order valence-electron chi connectivity index (χ1n) is 9.73. The van der Waals surface area contributed by atoms with Crippen LogP contribution in [0, 0.1) is 0 Å². The molecular formula is C21H23F4N3O2S. The van der Waals surface area contributed by atoms with Crippen molar-refractivity contribution in [2.24, 2.45) is 0 Å². The Balaban J connectivity index is 1.66. The first-order valence-corrected chi connectivity index (χ1v) is 10.7. The van der Waals surface area contributed by atoms with Crippen LogP contribution < -0.4 is 5.32 Å². The van der Waals surface area contributed by atoms with Gasteiger partial charge in [0.25, 0.3) is 5.91 Å². The van der Waals surface area contributed by atoms with E-state index in [2.05, 4.69) is 4.98 Å². The molecule has 0 saturated carbocycles. The third-order valence-electron chi connectivity index (χ3n) is 5.05. The Morgan fingerprint density at radius 3 is 2.39 bits per heavy atom. The van der Waals surface area contributed by atoms with Gasteiger partial charge in [0.1, 0.15) is 12.8 Å². The molecule has 1 amide bonds. The number of alkyl halides is 4. The van der Waals surface area contributed by atoms with E-state index in [0.29, 0.717) is 18.8 Å². The number of aromatic nitrogens is 1. The molecule has 2 aromatic rings. The molecule has 10 heteroatoms. The van der Waals surface area contributed by atoms with Gasteiger partial charge in [-0.25, -0.2) is 13.1 Å². The van der Waals surface area contributed by atoms with Crippen LogP contribution in [-0.4, -0.2) is 58.3 Å². The van der Waals surface area contributed by atoms with Crippen molar-refractivity contribution in [2.45, 2.75) is 31.2 Å². The van der Waals surface area contributed by atoms with E-state index in [9.17, 15) is 27.5 Å². The number of amides is 1. The first kappa shape index (κ1) is 23.5. The maximum absolute atomic E-state index is 14.9. The van der Waals surface area contributed by atoms with Gasteiger partial charge in [-0.15, -0.1) is 0 Å². The van der Waals surface area contributed by atoms with Crippen LogP contribution in [0.4, 0.5) is 17.6 Å². The number of pyridine rings is 1. The van der Waals surface area contributed by atoms with Crippen molar-refractivity contribution in [2.75, 3.05) is 25.5 Å². The Morgan fingerprint density at radius 1 is 1.23 bits per heavy atom. The average molecular weight is 457 g/mol. The highest BCUT2D eigenvalue weighted by Crippen LogP contribution is 2.39. The van der Waals surface area contributed by atoms with Gasteiger partial charge in [-0.05, 0) is 17.2 Å². The van der Waals surface area contributed by atoms with Crippen molar-refractivity contribution in [1.29, 1.82) is 0 Å². The van der Waals surface area contributed by atoms with Crippen molar-refractivity contribution >= 4 is 17.9 Å². The van der Waals surface area contributed by atoms with Gasteiger partial charge in [-0.2, -0.15) is 8.78 Å². The number of hydrogen-bond donors (Lipinski definition) is 2. The molecule has 2 unspecified atom stereocenters. The van der Waals surface area contributed by atoms with Crippen LogP contribution in [0.15, 0.2) is 42.6 Å². The molecule has 3 rings (SSSR count). The average Bonchev–Trinajstić information content (AvgIpc) is 2.76. The van der Waals surface area contributed by atoms with E-state index >= 15 is 0 Å². The van der Waals surface area contributed by atoms with Gasteiger partial charge >= 0.3 is 6.43 Å². The number of carbonyl (C=O) groups is 1. The SMILES string of the molecule is CCSN1CC(F)(c2ccc(-c3ccc(C(O)C(CF)NC(=O)C(F)F)cc3)cn2)C1. The molecular weight excluding hydrogens is 434 g/mol. The third-order valence-corrected chi connectivity index (χ3v) is 5.93. The summed E-state index contributed by atoms with van der Waals surface area (Å²) in [4.78, 5) is 15.3. The summed E-state index contributed by atoms with van der Waals surface area (Å²) in [6.07, 6.45) is -3.22. The molecule has 2 heterocycles. The fourth-order valence-electron chi connectivity index (χ4n) is 3.33. The number of benzene rings is 1. The van der Waals surface area contributed by atoms with E-state index in [-0.39, 0.29) is 5.56 Å². The van der Waals surface area contributed by atoms with Crippen molar-refractivity contribution < 1.29 is 27.5 Å². The van der Waals surface area contributed by atoms with E-state index in [0.717, 1.165) is 16.9 Å². The minimum atomic E-state index is -3.30. The van der Waals surface area contributed by atoms with E-state index in [1.54, 1.807) is 47.7 Å². The smallest absolute Gasteiger partial charge is 0.315 e. The number of carbonyl (C=O) groups excluding carboxylic acids is 1. The molecule has 0 aliphatic carbocycles. The lowest BCUT2D eigenvalue weighted by Gasteiger charge is -2.42. The van der Waals surface area contributed by atoms with Crippen molar-refractivity contribution in [3.63, 3.8) is 0 Å². The fraction of sp³-hybridized carbons (Fsp3) is 0.429. The zero-order chi connectivity index (χ0) is 22.6. The number of aliphatic hydroxyl groups is 1. The van der Waals surface area contributed by atoms with Crippen LogP contribution in [0.2, 0.25) is 0 Å². The number of aliphatic hydroxyl groups excluding tert-OH is 1. The second kappa shape index (κ2) is 9.97. The topological polar surface area (TPSA) is 65.5 Å². The first-order chi connectivity index (χ1) is 14.8. The summed E-state index contributed by atoms with van der Waals surface area (Å²) in [6, 6.07) is 8.22. The molecule has 1 fully saturated rings. The molecule has 0 spiro atoms. The van der Waals surface area contributed by atoms with Crippen LogP contribution in [0.25, 0.3) is 11.1 Å². The van der Waals surface area contributed by atoms with Gasteiger partial charge in [0, 0.05) is 17.5 Å². The Labute approximate surface area is 182 Å². The molecule has 1 aliphatic heterocycles. The van der Waals surface area contributed by atoms with E-state index in [4.69, 9.17) is 0 Å².